The molecule has 0 aliphatic heterocycles. The Morgan fingerprint density at radius 2 is 1.83 bits per heavy atom. The fourth-order valence-electron chi connectivity index (χ4n) is 3.09. The van der Waals surface area contributed by atoms with Crippen LogP contribution in [0.25, 0.3) is 5.69 Å². The standard InChI is InChI=1S/C22H13Cl2F4N5O2/c23-13-3-1-2-4-15(13)33-19(22(26,27)28)12(10-31-33)21(34)32-11-5-6-16(14(25)9-11)35-17-7-8-30-20(29)18(17)24/h1-10H,(H2,29,30)(H,32,34). The number of nitrogens with one attached hydrogen (secondary N) is 1. The lowest BCUT2D eigenvalue weighted by Gasteiger charge is -2.14. The normalized spacial score (nSPS) is 11.4. The molecule has 3 N–H and O–H groups in total. The van der Waals surface area contributed by atoms with Crippen LogP contribution in [0.3, 0.4) is 0 Å². The molecule has 2 aromatic carbocycles. The van der Waals surface area contributed by atoms with Crippen molar-refractivity contribution in [1.29, 1.82) is 0 Å². The number of nitrogen functional groups attached to an aromatic ring is 1. The van der Waals surface area contributed by atoms with E-state index in [-0.39, 0.29) is 38.7 Å². The van der Waals surface area contributed by atoms with Crippen LogP contribution < -0.4 is 15.8 Å². The molecule has 13 heteroatoms. The zero-order valence-corrected chi connectivity index (χ0v) is 18.8. The Labute approximate surface area is 205 Å². The van der Waals surface area contributed by atoms with E-state index in [1.54, 1.807) is 0 Å². The molecule has 0 aliphatic carbocycles. The highest BCUT2D eigenvalue weighted by atomic mass is 35.5. The number of ether oxygens (including phenoxy) is 1. The first-order chi connectivity index (χ1) is 16.6. The molecule has 0 saturated heterocycles. The SMILES string of the molecule is Nc1nccc(Oc2ccc(NC(=O)c3cnn(-c4ccccc4Cl)c3C(F)(F)F)cc2F)c1Cl. The number of alkyl halides is 3. The summed E-state index contributed by atoms with van der Waals surface area (Å²) in [5, 5.41) is 5.90. The summed E-state index contributed by atoms with van der Waals surface area (Å²) in [6.07, 6.45) is -2.88. The largest absolute Gasteiger partial charge is 0.453 e. The van der Waals surface area contributed by atoms with Crippen LogP contribution in [0.5, 0.6) is 11.5 Å². The number of para-hydroxylation sites is 1. The quantitative estimate of drug-likeness (QED) is 0.295. The molecule has 0 bridgehead atoms. The maximum absolute atomic E-state index is 14.6. The van der Waals surface area contributed by atoms with Gasteiger partial charge in [0.15, 0.2) is 23.0 Å². The number of halogens is 6. The van der Waals surface area contributed by atoms with Crippen LogP contribution in [0.15, 0.2) is 60.9 Å². The smallest absolute Gasteiger partial charge is 0.434 e. The van der Waals surface area contributed by atoms with Gasteiger partial charge in [-0.25, -0.2) is 14.1 Å². The number of anilines is 2. The van der Waals surface area contributed by atoms with Crippen LogP contribution in [0.1, 0.15) is 16.1 Å². The number of rotatable bonds is 5. The van der Waals surface area contributed by atoms with Crippen molar-refractivity contribution < 1.29 is 27.1 Å². The second kappa shape index (κ2) is 9.43. The Bertz CT molecular complexity index is 1430. The van der Waals surface area contributed by atoms with E-state index in [4.69, 9.17) is 33.7 Å². The molecule has 0 saturated carbocycles. The summed E-state index contributed by atoms with van der Waals surface area (Å²) in [7, 11) is 0. The number of hydrogen-bond donors (Lipinski definition) is 2. The topological polar surface area (TPSA) is 95.1 Å². The van der Waals surface area contributed by atoms with Gasteiger partial charge in [0, 0.05) is 24.0 Å². The number of carbonyl (C=O) groups is 1. The highest BCUT2D eigenvalue weighted by molar-refractivity contribution is 6.34. The van der Waals surface area contributed by atoms with Gasteiger partial charge >= 0.3 is 6.18 Å². The van der Waals surface area contributed by atoms with Crippen molar-refractivity contribution in [3.8, 4) is 17.2 Å². The minimum atomic E-state index is -4.95. The summed E-state index contributed by atoms with van der Waals surface area (Å²) in [5.41, 5.74) is 3.27. The third-order valence-electron chi connectivity index (χ3n) is 4.65. The zero-order valence-electron chi connectivity index (χ0n) is 17.3. The van der Waals surface area contributed by atoms with E-state index in [1.807, 2.05) is 0 Å². The third kappa shape index (κ3) is 5.00. The second-order valence-electron chi connectivity index (χ2n) is 6.98. The van der Waals surface area contributed by atoms with Gasteiger partial charge in [0.25, 0.3) is 5.91 Å². The minimum absolute atomic E-state index is 0.00164. The highest BCUT2D eigenvalue weighted by Crippen LogP contribution is 2.36. The van der Waals surface area contributed by atoms with E-state index in [0.717, 1.165) is 18.3 Å². The molecule has 0 unspecified atom stereocenters. The van der Waals surface area contributed by atoms with Crippen LogP contribution in [0.2, 0.25) is 10.0 Å². The van der Waals surface area contributed by atoms with Gasteiger partial charge in [-0.1, -0.05) is 35.3 Å². The number of aromatic nitrogens is 3. The maximum Gasteiger partial charge on any atom is 0.434 e. The van der Waals surface area contributed by atoms with Gasteiger partial charge < -0.3 is 15.8 Å². The first kappa shape index (κ1) is 24.3. The summed E-state index contributed by atoms with van der Waals surface area (Å²) in [5.74, 6) is -2.33. The average molecular weight is 526 g/mol. The Balaban J connectivity index is 1.61. The van der Waals surface area contributed by atoms with Crippen molar-refractivity contribution >= 4 is 40.6 Å². The Morgan fingerprint density at radius 3 is 2.51 bits per heavy atom. The lowest BCUT2D eigenvalue weighted by Crippen LogP contribution is -2.21. The van der Waals surface area contributed by atoms with Gasteiger partial charge in [-0.2, -0.15) is 18.3 Å². The average Bonchev–Trinajstić information content (AvgIpc) is 3.25. The summed E-state index contributed by atoms with van der Waals surface area (Å²) in [6.45, 7) is 0. The summed E-state index contributed by atoms with van der Waals surface area (Å²) in [4.78, 5) is 16.5. The molecule has 0 aliphatic rings. The number of pyridine rings is 1. The van der Waals surface area contributed by atoms with Crippen LogP contribution in [0.4, 0.5) is 29.1 Å². The van der Waals surface area contributed by atoms with Gasteiger partial charge in [0.2, 0.25) is 0 Å². The molecule has 0 radical (unpaired) electrons. The van der Waals surface area contributed by atoms with E-state index >= 15 is 0 Å². The molecular formula is C22H13Cl2F4N5O2. The van der Waals surface area contributed by atoms with Crippen LogP contribution in [0, 0.1) is 5.82 Å². The molecular weight excluding hydrogens is 513 g/mol. The number of nitrogens with two attached hydrogens (primary N) is 1. The summed E-state index contributed by atoms with van der Waals surface area (Å²) in [6, 6.07) is 10.4. The van der Waals surface area contributed by atoms with E-state index in [2.05, 4.69) is 15.4 Å². The molecule has 0 fully saturated rings. The van der Waals surface area contributed by atoms with Crippen molar-refractivity contribution in [2.45, 2.75) is 6.18 Å². The van der Waals surface area contributed by atoms with E-state index < -0.39 is 29.2 Å². The Morgan fingerprint density at radius 1 is 1.09 bits per heavy atom. The van der Waals surface area contributed by atoms with Crippen molar-refractivity contribution in [1.82, 2.24) is 14.8 Å². The third-order valence-corrected chi connectivity index (χ3v) is 5.35. The number of benzene rings is 2. The van der Waals surface area contributed by atoms with Gasteiger partial charge in [0.1, 0.15) is 10.8 Å². The second-order valence-corrected chi connectivity index (χ2v) is 7.76. The highest BCUT2D eigenvalue weighted by Gasteiger charge is 2.41. The van der Waals surface area contributed by atoms with E-state index in [1.165, 1.54) is 42.6 Å². The van der Waals surface area contributed by atoms with Crippen molar-refractivity contribution in [2.24, 2.45) is 0 Å². The number of nitrogens with zero attached hydrogens (tertiary/aromatic N) is 3. The molecule has 0 atom stereocenters. The minimum Gasteiger partial charge on any atom is -0.453 e. The predicted octanol–water partition coefficient (Wildman–Crippen LogP) is 6.36. The monoisotopic (exact) mass is 525 g/mol. The number of carbonyl (C=O) groups excluding carboxylic acids is 1. The number of hydrogen-bond acceptors (Lipinski definition) is 5. The van der Waals surface area contributed by atoms with Gasteiger partial charge in [-0.05, 0) is 24.3 Å². The molecule has 2 aromatic heterocycles. The van der Waals surface area contributed by atoms with Crippen LogP contribution in [-0.4, -0.2) is 20.7 Å². The Hall–Kier alpha value is -3.83. The molecule has 4 aromatic rings. The fraction of sp³-hybridized carbons (Fsp3) is 0.0455. The fourth-order valence-corrected chi connectivity index (χ4v) is 3.46. The Kier molecular flexibility index (Phi) is 6.55. The van der Waals surface area contributed by atoms with E-state index in [0.29, 0.717) is 4.68 Å². The lowest BCUT2D eigenvalue weighted by atomic mass is 10.2. The molecule has 7 nitrogen and oxygen atoms in total. The number of amides is 1. The van der Waals surface area contributed by atoms with Crippen molar-refractivity contribution in [2.75, 3.05) is 11.1 Å². The van der Waals surface area contributed by atoms with Crippen LogP contribution in [-0.2, 0) is 6.18 Å². The van der Waals surface area contributed by atoms with Gasteiger partial charge in [0.05, 0.1) is 22.5 Å². The lowest BCUT2D eigenvalue weighted by molar-refractivity contribution is -0.143. The van der Waals surface area contributed by atoms with Crippen LogP contribution >= 0.6 is 23.2 Å². The maximum atomic E-state index is 14.6. The molecule has 2 heterocycles. The van der Waals surface area contributed by atoms with E-state index in [9.17, 15) is 22.4 Å². The van der Waals surface area contributed by atoms with Gasteiger partial charge in [-0.3, -0.25) is 4.79 Å². The molecule has 4 rings (SSSR count). The zero-order chi connectivity index (χ0) is 25.3. The molecule has 180 valence electrons. The summed E-state index contributed by atoms with van der Waals surface area (Å²) >= 11 is 12.0. The first-order valence-electron chi connectivity index (χ1n) is 9.65. The van der Waals surface area contributed by atoms with Crippen molar-refractivity contribution in [3.05, 3.63) is 88.0 Å². The molecule has 0 spiro atoms. The van der Waals surface area contributed by atoms with Gasteiger partial charge in [-0.15, -0.1) is 0 Å². The van der Waals surface area contributed by atoms with Crippen molar-refractivity contribution in [3.63, 3.8) is 0 Å². The predicted molar refractivity (Wildman–Crippen MR) is 122 cm³/mol. The summed E-state index contributed by atoms with van der Waals surface area (Å²) < 4.78 is 62.1. The molecule has 35 heavy (non-hydrogen) atoms. The first-order valence-corrected chi connectivity index (χ1v) is 10.4. The molecule has 1 amide bonds.